The standard InChI is InChI=1S/C19H21NO6/c1-11(19(22)23)12-6-5-7-13(8-12)20-18(21)14-9-16(25-3)17(26-4)10-15(14)24-2/h5-11H,1-4H3,(H,20,21)(H,22,23). The van der Waals surface area contributed by atoms with Crippen LogP contribution in [-0.4, -0.2) is 38.3 Å². The van der Waals surface area contributed by atoms with Gasteiger partial charge in [-0.2, -0.15) is 0 Å². The molecule has 0 saturated carbocycles. The molecule has 138 valence electrons. The summed E-state index contributed by atoms with van der Waals surface area (Å²) in [7, 11) is 4.42. The number of carbonyl (C=O) groups is 2. The first-order valence-electron chi connectivity index (χ1n) is 7.85. The van der Waals surface area contributed by atoms with Gasteiger partial charge in [0.15, 0.2) is 11.5 Å². The normalized spacial score (nSPS) is 11.4. The third-order valence-corrected chi connectivity index (χ3v) is 3.97. The van der Waals surface area contributed by atoms with Crippen LogP contribution in [0.4, 0.5) is 5.69 Å². The van der Waals surface area contributed by atoms with Gasteiger partial charge in [-0.05, 0) is 24.6 Å². The number of carbonyl (C=O) groups excluding carboxylic acids is 1. The fourth-order valence-corrected chi connectivity index (χ4v) is 2.43. The molecular weight excluding hydrogens is 338 g/mol. The highest BCUT2D eigenvalue weighted by molar-refractivity contribution is 6.06. The number of methoxy groups -OCH3 is 3. The van der Waals surface area contributed by atoms with Gasteiger partial charge in [-0.25, -0.2) is 0 Å². The molecule has 0 heterocycles. The van der Waals surface area contributed by atoms with Crippen molar-refractivity contribution >= 4 is 17.6 Å². The lowest BCUT2D eigenvalue weighted by molar-refractivity contribution is -0.138. The van der Waals surface area contributed by atoms with Crippen LogP contribution in [0.15, 0.2) is 36.4 Å². The van der Waals surface area contributed by atoms with E-state index in [2.05, 4.69) is 5.32 Å². The van der Waals surface area contributed by atoms with E-state index in [1.807, 2.05) is 0 Å². The number of benzene rings is 2. The summed E-state index contributed by atoms with van der Waals surface area (Å²) in [6.45, 7) is 1.58. The van der Waals surface area contributed by atoms with Crippen molar-refractivity contribution in [2.45, 2.75) is 12.8 Å². The van der Waals surface area contributed by atoms with Gasteiger partial charge in [0.2, 0.25) is 0 Å². The van der Waals surface area contributed by atoms with Crippen LogP contribution in [-0.2, 0) is 4.79 Å². The summed E-state index contributed by atoms with van der Waals surface area (Å²) in [6, 6.07) is 9.79. The minimum Gasteiger partial charge on any atom is -0.496 e. The summed E-state index contributed by atoms with van der Waals surface area (Å²) in [5, 5.41) is 11.9. The summed E-state index contributed by atoms with van der Waals surface area (Å²) in [5.74, 6) is -0.861. The Labute approximate surface area is 151 Å². The van der Waals surface area contributed by atoms with E-state index >= 15 is 0 Å². The molecule has 0 saturated heterocycles. The predicted octanol–water partition coefficient (Wildman–Crippen LogP) is 3.15. The molecule has 2 rings (SSSR count). The molecule has 2 aromatic rings. The van der Waals surface area contributed by atoms with Crippen molar-refractivity contribution in [1.29, 1.82) is 0 Å². The molecule has 0 aromatic heterocycles. The van der Waals surface area contributed by atoms with Crippen LogP contribution in [0.5, 0.6) is 17.2 Å². The van der Waals surface area contributed by atoms with E-state index in [-0.39, 0.29) is 5.56 Å². The molecule has 0 bridgehead atoms. The highest BCUT2D eigenvalue weighted by atomic mass is 16.5. The zero-order valence-corrected chi connectivity index (χ0v) is 15.0. The first-order valence-corrected chi connectivity index (χ1v) is 7.85. The van der Waals surface area contributed by atoms with Crippen molar-refractivity contribution in [3.8, 4) is 17.2 Å². The van der Waals surface area contributed by atoms with Crippen LogP contribution < -0.4 is 19.5 Å². The molecule has 1 atom stereocenters. The second-order valence-electron chi connectivity index (χ2n) is 5.55. The van der Waals surface area contributed by atoms with E-state index in [9.17, 15) is 9.59 Å². The summed E-state index contributed by atoms with van der Waals surface area (Å²) in [4.78, 5) is 23.8. The molecule has 7 nitrogen and oxygen atoms in total. The van der Waals surface area contributed by atoms with Crippen LogP contribution in [0.25, 0.3) is 0 Å². The minimum atomic E-state index is -0.935. The highest BCUT2D eigenvalue weighted by Crippen LogP contribution is 2.35. The maximum Gasteiger partial charge on any atom is 0.310 e. The smallest absolute Gasteiger partial charge is 0.310 e. The topological polar surface area (TPSA) is 94.1 Å². The molecule has 0 fully saturated rings. The number of aliphatic carboxylic acids is 1. The lowest BCUT2D eigenvalue weighted by Gasteiger charge is -2.14. The first kappa shape index (κ1) is 19.1. The lowest BCUT2D eigenvalue weighted by atomic mass is 10.0. The van der Waals surface area contributed by atoms with E-state index in [0.29, 0.717) is 28.5 Å². The van der Waals surface area contributed by atoms with Gasteiger partial charge in [0.05, 0.1) is 32.8 Å². The van der Waals surface area contributed by atoms with Crippen molar-refractivity contribution in [2.24, 2.45) is 0 Å². The Morgan fingerprint density at radius 3 is 2.15 bits per heavy atom. The van der Waals surface area contributed by atoms with Gasteiger partial charge in [-0.15, -0.1) is 0 Å². The first-order chi connectivity index (χ1) is 12.4. The van der Waals surface area contributed by atoms with Crippen molar-refractivity contribution in [2.75, 3.05) is 26.6 Å². The van der Waals surface area contributed by atoms with Crippen molar-refractivity contribution in [3.63, 3.8) is 0 Å². The van der Waals surface area contributed by atoms with E-state index < -0.39 is 17.8 Å². The summed E-state index contributed by atoms with van der Waals surface area (Å²) < 4.78 is 15.7. The Hall–Kier alpha value is -3.22. The number of hydrogen-bond acceptors (Lipinski definition) is 5. The van der Waals surface area contributed by atoms with Crippen LogP contribution >= 0.6 is 0 Å². The average Bonchev–Trinajstić information content (AvgIpc) is 2.66. The zero-order chi connectivity index (χ0) is 19.3. The number of hydrogen-bond donors (Lipinski definition) is 2. The molecule has 0 aliphatic heterocycles. The number of nitrogens with one attached hydrogen (secondary N) is 1. The minimum absolute atomic E-state index is 0.266. The molecule has 7 heteroatoms. The molecule has 0 spiro atoms. The van der Waals surface area contributed by atoms with E-state index in [4.69, 9.17) is 19.3 Å². The Balaban J connectivity index is 2.33. The number of anilines is 1. The van der Waals surface area contributed by atoms with Gasteiger partial charge in [-0.1, -0.05) is 12.1 Å². The fraction of sp³-hybridized carbons (Fsp3) is 0.263. The lowest BCUT2D eigenvalue weighted by Crippen LogP contribution is -2.14. The van der Waals surface area contributed by atoms with E-state index in [0.717, 1.165) is 0 Å². The highest BCUT2D eigenvalue weighted by Gasteiger charge is 2.19. The Bertz CT molecular complexity index is 818. The summed E-state index contributed by atoms with van der Waals surface area (Å²) in [5.41, 5.74) is 1.34. The number of rotatable bonds is 7. The average molecular weight is 359 g/mol. The second-order valence-corrected chi connectivity index (χ2v) is 5.55. The molecular formula is C19H21NO6. The van der Waals surface area contributed by atoms with Gasteiger partial charge in [0.1, 0.15) is 5.75 Å². The fourth-order valence-electron chi connectivity index (χ4n) is 2.43. The molecule has 0 aliphatic rings. The predicted molar refractivity (Wildman–Crippen MR) is 96.5 cm³/mol. The molecule has 2 aromatic carbocycles. The zero-order valence-electron chi connectivity index (χ0n) is 15.0. The van der Waals surface area contributed by atoms with Gasteiger partial charge in [0, 0.05) is 17.8 Å². The second kappa shape index (κ2) is 8.24. The van der Waals surface area contributed by atoms with Gasteiger partial charge < -0.3 is 24.6 Å². The maximum absolute atomic E-state index is 12.7. The molecule has 0 aliphatic carbocycles. The third kappa shape index (κ3) is 4.05. The number of amides is 1. The molecule has 0 radical (unpaired) electrons. The van der Waals surface area contributed by atoms with Crippen molar-refractivity contribution in [1.82, 2.24) is 0 Å². The van der Waals surface area contributed by atoms with E-state index in [1.54, 1.807) is 37.3 Å². The van der Waals surface area contributed by atoms with Gasteiger partial charge in [-0.3, -0.25) is 9.59 Å². The van der Waals surface area contributed by atoms with Crippen LogP contribution in [0.1, 0.15) is 28.8 Å². The van der Waals surface area contributed by atoms with Gasteiger partial charge in [0.25, 0.3) is 5.91 Å². The molecule has 1 unspecified atom stereocenters. The van der Waals surface area contributed by atoms with Crippen molar-refractivity contribution < 1.29 is 28.9 Å². The SMILES string of the molecule is COc1cc(OC)c(C(=O)Nc2cccc(C(C)C(=O)O)c2)cc1OC. The number of ether oxygens (including phenoxy) is 3. The summed E-state index contributed by atoms with van der Waals surface area (Å²) >= 11 is 0. The molecule has 2 N–H and O–H groups in total. The maximum atomic E-state index is 12.7. The Morgan fingerprint density at radius 1 is 0.962 bits per heavy atom. The summed E-state index contributed by atoms with van der Waals surface area (Å²) in [6.07, 6.45) is 0. The molecule has 26 heavy (non-hydrogen) atoms. The quantitative estimate of drug-likeness (QED) is 0.789. The van der Waals surface area contributed by atoms with Crippen LogP contribution in [0, 0.1) is 0 Å². The van der Waals surface area contributed by atoms with Crippen LogP contribution in [0.3, 0.4) is 0 Å². The molecule has 1 amide bonds. The van der Waals surface area contributed by atoms with Crippen molar-refractivity contribution in [3.05, 3.63) is 47.5 Å². The third-order valence-electron chi connectivity index (χ3n) is 3.97. The number of carboxylic acid groups (broad SMARTS) is 1. The van der Waals surface area contributed by atoms with E-state index in [1.165, 1.54) is 27.4 Å². The van der Waals surface area contributed by atoms with Crippen LogP contribution in [0.2, 0.25) is 0 Å². The van der Waals surface area contributed by atoms with Gasteiger partial charge >= 0.3 is 5.97 Å². The largest absolute Gasteiger partial charge is 0.496 e. The number of carboxylic acids is 1. The monoisotopic (exact) mass is 359 g/mol. The Kier molecular flexibility index (Phi) is 6.06. The Morgan fingerprint density at radius 2 is 1.58 bits per heavy atom.